The van der Waals surface area contributed by atoms with Gasteiger partial charge >= 0.3 is 5.97 Å². The third-order valence-electron chi connectivity index (χ3n) is 5.39. The van der Waals surface area contributed by atoms with Crippen LogP contribution >= 0.6 is 0 Å². The zero-order chi connectivity index (χ0) is 14.0. The molecule has 1 saturated carbocycles. The Bertz CT molecular complexity index is 316. The molecule has 2 rings (SSSR count). The summed E-state index contributed by atoms with van der Waals surface area (Å²) >= 11 is 0. The average Bonchev–Trinajstić information content (AvgIpc) is 2.59. The second-order valence-corrected chi connectivity index (χ2v) is 6.95. The molecular formula is C16H29NO2. The molecule has 4 atom stereocenters. The number of carboxylic acid groups (broad SMARTS) is 1. The number of hydrogen-bond acceptors (Lipinski definition) is 2. The van der Waals surface area contributed by atoms with Gasteiger partial charge in [0.1, 0.15) is 6.04 Å². The van der Waals surface area contributed by atoms with Crippen molar-refractivity contribution in [2.45, 2.75) is 71.4 Å². The molecule has 4 unspecified atom stereocenters. The van der Waals surface area contributed by atoms with E-state index in [2.05, 4.69) is 25.7 Å². The molecule has 1 aliphatic heterocycles. The van der Waals surface area contributed by atoms with E-state index >= 15 is 0 Å². The van der Waals surface area contributed by atoms with Crippen LogP contribution in [0.4, 0.5) is 0 Å². The lowest BCUT2D eigenvalue weighted by atomic mass is 9.89. The summed E-state index contributed by atoms with van der Waals surface area (Å²) in [5.74, 6) is 1.30. The van der Waals surface area contributed by atoms with Crippen LogP contribution in [-0.4, -0.2) is 34.6 Å². The van der Waals surface area contributed by atoms with Crippen molar-refractivity contribution in [2.24, 2.45) is 17.8 Å². The summed E-state index contributed by atoms with van der Waals surface area (Å²) in [6.45, 7) is 7.72. The van der Waals surface area contributed by atoms with Crippen molar-refractivity contribution in [3.63, 3.8) is 0 Å². The van der Waals surface area contributed by atoms with Gasteiger partial charge < -0.3 is 5.11 Å². The van der Waals surface area contributed by atoms with Gasteiger partial charge in [-0.1, -0.05) is 33.6 Å². The van der Waals surface area contributed by atoms with E-state index in [1.807, 2.05) is 0 Å². The SMILES string of the molecule is CC(C)C1CCCC(N2CCC(C)C2C(=O)O)CC1. The van der Waals surface area contributed by atoms with E-state index in [4.69, 9.17) is 0 Å². The topological polar surface area (TPSA) is 40.5 Å². The average molecular weight is 267 g/mol. The van der Waals surface area contributed by atoms with Crippen LogP contribution < -0.4 is 0 Å². The number of hydrogen-bond donors (Lipinski definition) is 1. The molecule has 19 heavy (non-hydrogen) atoms. The maximum absolute atomic E-state index is 11.5. The Morgan fingerprint density at radius 2 is 1.89 bits per heavy atom. The third-order valence-corrected chi connectivity index (χ3v) is 5.39. The van der Waals surface area contributed by atoms with E-state index in [1.165, 1.54) is 32.1 Å². The first-order chi connectivity index (χ1) is 9.00. The molecular weight excluding hydrogens is 238 g/mol. The lowest BCUT2D eigenvalue weighted by Gasteiger charge is -2.31. The normalized spacial score (nSPS) is 37.5. The van der Waals surface area contributed by atoms with Crippen LogP contribution in [0, 0.1) is 17.8 Å². The molecule has 0 aromatic rings. The Morgan fingerprint density at radius 3 is 2.53 bits per heavy atom. The van der Waals surface area contributed by atoms with Crippen LogP contribution in [-0.2, 0) is 4.79 Å². The largest absolute Gasteiger partial charge is 0.480 e. The highest BCUT2D eigenvalue weighted by Gasteiger charge is 2.40. The Morgan fingerprint density at radius 1 is 1.16 bits per heavy atom. The van der Waals surface area contributed by atoms with Crippen molar-refractivity contribution >= 4 is 5.97 Å². The van der Waals surface area contributed by atoms with Gasteiger partial charge in [-0.25, -0.2) is 0 Å². The smallest absolute Gasteiger partial charge is 0.321 e. The zero-order valence-corrected chi connectivity index (χ0v) is 12.6. The summed E-state index contributed by atoms with van der Waals surface area (Å²) in [4.78, 5) is 13.8. The van der Waals surface area contributed by atoms with Gasteiger partial charge in [0.2, 0.25) is 0 Å². The summed E-state index contributed by atoms with van der Waals surface area (Å²) in [7, 11) is 0. The van der Waals surface area contributed by atoms with Gasteiger partial charge in [-0.2, -0.15) is 0 Å². The standard InChI is InChI=1S/C16H29NO2/c1-11(2)13-5-4-6-14(8-7-13)17-10-9-12(3)15(17)16(18)19/h11-15H,4-10H2,1-3H3,(H,18,19). The predicted octanol–water partition coefficient (Wildman–Crippen LogP) is 3.39. The van der Waals surface area contributed by atoms with Crippen LogP contribution in [0.5, 0.6) is 0 Å². The van der Waals surface area contributed by atoms with E-state index in [0.29, 0.717) is 12.0 Å². The maximum atomic E-state index is 11.5. The minimum absolute atomic E-state index is 0.236. The molecule has 1 heterocycles. The highest BCUT2D eigenvalue weighted by atomic mass is 16.4. The fraction of sp³-hybridized carbons (Fsp3) is 0.938. The first-order valence-electron chi connectivity index (χ1n) is 7.99. The van der Waals surface area contributed by atoms with Gasteiger partial charge in [-0.3, -0.25) is 9.69 Å². The lowest BCUT2D eigenvalue weighted by Crippen LogP contribution is -2.45. The van der Waals surface area contributed by atoms with Crippen molar-refractivity contribution in [1.82, 2.24) is 4.90 Å². The summed E-state index contributed by atoms with van der Waals surface area (Å²) < 4.78 is 0. The molecule has 0 radical (unpaired) electrons. The minimum atomic E-state index is -0.616. The number of rotatable bonds is 3. The van der Waals surface area contributed by atoms with Crippen molar-refractivity contribution in [1.29, 1.82) is 0 Å². The molecule has 110 valence electrons. The van der Waals surface area contributed by atoms with Crippen LogP contribution in [0.25, 0.3) is 0 Å². The highest BCUT2D eigenvalue weighted by molar-refractivity contribution is 5.74. The molecule has 0 aromatic heterocycles. The van der Waals surface area contributed by atoms with E-state index in [-0.39, 0.29) is 6.04 Å². The number of aliphatic carboxylic acids is 1. The molecule has 1 aliphatic carbocycles. The maximum Gasteiger partial charge on any atom is 0.321 e. The van der Waals surface area contributed by atoms with Crippen molar-refractivity contribution in [3.8, 4) is 0 Å². The summed E-state index contributed by atoms with van der Waals surface area (Å²) in [6.07, 6.45) is 7.31. The molecule has 3 nitrogen and oxygen atoms in total. The Hall–Kier alpha value is -0.570. The fourth-order valence-electron chi connectivity index (χ4n) is 4.08. The van der Waals surface area contributed by atoms with Gasteiger partial charge in [-0.15, -0.1) is 0 Å². The second-order valence-electron chi connectivity index (χ2n) is 6.95. The van der Waals surface area contributed by atoms with Crippen LogP contribution in [0.15, 0.2) is 0 Å². The molecule has 0 bridgehead atoms. The minimum Gasteiger partial charge on any atom is -0.480 e. The van der Waals surface area contributed by atoms with Gasteiger partial charge in [0.15, 0.2) is 0 Å². The molecule has 1 N–H and O–H groups in total. The van der Waals surface area contributed by atoms with Crippen molar-refractivity contribution in [2.75, 3.05) is 6.54 Å². The Kier molecular flexibility index (Phi) is 4.88. The predicted molar refractivity (Wildman–Crippen MR) is 77.1 cm³/mol. The van der Waals surface area contributed by atoms with Crippen LogP contribution in [0.3, 0.4) is 0 Å². The number of carbonyl (C=O) groups is 1. The molecule has 0 spiro atoms. The summed E-state index contributed by atoms with van der Waals surface area (Å²) in [5, 5.41) is 9.45. The lowest BCUT2D eigenvalue weighted by molar-refractivity contribution is -0.144. The van der Waals surface area contributed by atoms with Gasteiger partial charge in [0.05, 0.1) is 0 Å². The molecule has 0 amide bonds. The highest BCUT2D eigenvalue weighted by Crippen LogP contribution is 2.35. The van der Waals surface area contributed by atoms with Crippen molar-refractivity contribution in [3.05, 3.63) is 0 Å². The quantitative estimate of drug-likeness (QED) is 0.797. The van der Waals surface area contributed by atoms with Gasteiger partial charge in [0, 0.05) is 6.04 Å². The first-order valence-corrected chi connectivity index (χ1v) is 7.99. The van der Waals surface area contributed by atoms with E-state index in [1.54, 1.807) is 0 Å². The monoisotopic (exact) mass is 267 g/mol. The van der Waals surface area contributed by atoms with E-state index in [9.17, 15) is 9.90 Å². The molecule has 1 saturated heterocycles. The third kappa shape index (κ3) is 3.31. The second kappa shape index (κ2) is 6.25. The van der Waals surface area contributed by atoms with Gasteiger partial charge in [0.25, 0.3) is 0 Å². The molecule has 2 fully saturated rings. The number of carboxylic acids is 1. The van der Waals surface area contributed by atoms with Gasteiger partial charge in [-0.05, 0) is 50.0 Å². The Balaban J connectivity index is 2.00. The Labute approximate surface area is 117 Å². The first kappa shape index (κ1) is 14.8. The summed E-state index contributed by atoms with van der Waals surface area (Å²) in [6, 6.07) is 0.274. The van der Waals surface area contributed by atoms with Crippen LogP contribution in [0.2, 0.25) is 0 Å². The molecule has 2 aliphatic rings. The zero-order valence-electron chi connectivity index (χ0n) is 12.6. The summed E-state index contributed by atoms with van der Waals surface area (Å²) in [5.41, 5.74) is 0. The number of nitrogens with zero attached hydrogens (tertiary/aromatic N) is 1. The number of likely N-dealkylation sites (tertiary alicyclic amines) is 1. The van der Waals surface area contributed by atoms with E-state index in [0.717, 1.165) is 24.8 Å². The molecule has 3 heteroatoms. The fourth-order valence-corrected chi connectivity index (χ4v) is 4.08. The van der Waals surface area contributed by atoms with Crippen LogP contribution in [0.1, 0.15) is 59.3 Å². The van der Waals surface area contributed by atoms with E-state index < -0.39 is 5.97 Å². The van der Waals surface area contributed by atoms with Crippen molar-refractivity contribution < 1.29 is 9.90 Å². The molecule has 0 aromatic carbocycles.